The Morgan fingerprint density at radius 1 is 1.24 bits per heavy atom. The van der Waals surface area contributed by atoms with E-state index in [1.54, 1.807) is 44.9 Å². The Hall–Kier alpha value is -2.79. The summed E-state index contributed by atoms with van der Waals surface area (Å²) in [6.45, 7) is 5.05. The molecule has 0 spiro atoms. The minimum absolute atomic E-state index is 0.0556. The zero-order valence-corrected chi connectivity index (χ0v) is 22.1. The highest BCUT2D eigenvalue weighted by Gasteiger charge is 2.60. The Bertz CT molecular complexity index is 1150. The molecule has 0 saturated carbocycles. The van der Waals surface area contributed by atoms with E-state index in [0.717, 1.165) is 0 Å². The minimum Gasteiger partial charge on any atom is -0.467 e. The topological polar surface area (TPSA) is 77.0 Å². The highest BCUT2D eigenvalue weighted by atomic mass is 35.5. The van der Waals surface area contributed by atoms with E-state index in [2.05, 4.69) is 10.2 Å². The van der Waals surface area contributed by atoms with Gasteiger partial charge in [-0.2, -0.15) is 0 Å². The molecule has 3 heterocycles. The standard InChI is InChI=1S/C25H30ClF3N4O4/c1-24(2,3)37-23(34)33-15-8-14(9-21(33)25(28,29)12-15)32(4)22-7-6-19(30-31-22)16-10-18(27)17(26)11-20(16)36-13-35-5/h6-7,10-11,14-15,21H,8-9,12-13H2,1-5H3/t14-,15+,21-/m1/s1. The molecule has 2 bridgehead atoms. The number of alkyl halides is 2. The summed E-state index contributed by atoms with van der Waals surface area (Å²) in [4.78, 5) is 15.7. The second kappa shape index (κ2) is 10.2. The van der Waals surface area contributed by atoms with E-state index < -0.39 is 41.9 Å². The van der Waals surface area contributed by atoms with E-state index in [-0.39, 0.29) is 30.0 Å². The van der Waals surface area contributed by atoms with Crippen LogP contribution in [0.15, 0.2) is 24.3 Å². The van der Waals surface area contributed by atoms with Crippen LogP contribution in [0.5, 0.6) is 5.75 Å². The van der Waals surface area contributed by atoms with Crippen molar-refractivity contribution in [3.05, 3.63) is 35.1 Å². The maximum absolute atomic E-state index is 14.9. The van der Waals surface area contributed by atoms with Crippen LogP contribution >= 0.6 is 11.6 Å². The van der Waals surface area contributed by atoms with Gasteiger partial charge in [-0.05, 0) is 51.8 Å². The molecule has 37 heavy (non-hydrogen) atoms. The third-order valence-electron chi connectivity index (χ3n) is 6.56. The second-order valence-electron chi connectivity index (χ2n) is 10.3. The third kappa shape index (κ3) is 5.72. The lowest BCUT2D eigenvalue weighted by Crippen LogP contribution is -2.55. The quantitative estimate of drug-likeness (QED) is 0.444. The first kappa shape index (κ1) is 27.3. The molecule has 4 rings (SSSR count). The first-order chi connectivity index (χ1) is 17.3. The van der Waals surface area contributed by atoms with Gasteiger partial charge in [-0.1, -0.05) is 11.6 Å². The number of fused-ring (bicyclic) bond motifs is 2. The number of ether oxygens (including phenoxy) is 3. The fourth-order valence-corrected chi connectivity index (χ4v) is 5.03. The average Bonchev–Trinajstić information content (AvgIpc) is 2.98. The van der Waals surface area contributed by atoms with Gasteiger partial charge >= 0.3 is 6.09 Å². The summed E-state index contributed by atoms with van der Waals surface area (Å²) in [6, 6.07) is 3.64. The Kier molecular flexibility index (Phi) is 7.49. The zero-order chi connectivity index (χ0) is 27.1. The van der Waals surface area contributed by atoms with Gasteiger partial charge in [0.2, 0.25) is 0 Å². The first-order valence-corrected chi connectivity index (χ1v) is 12.3. The van der Waals surface area contributed by atoms with Crippen molar-refractivity contribution in [2.24, 2.45) is 0 Å². The maximum Gasteiger partial charge on any atom is 0.411 e. The van der Waals surface area contributed by atoms with Crippen molar-refractivity contribution in [1.82, 2.24) is 15.1 Å². The van der Waals surface area contributed by atoms with E-state index in [1.165, 1.54) is 24.1 Å². The summed E-state index contributed by atoms with van der Waals surface area (Å²) >= 11 is 5.89. The van der Waals surface area contributed by atoms with Gasteiger partial charge < -0.3 is 19.1 Å². The smallest absolute Gasteiger partial charge is 0.411 e. The number of piperidine rings is 1. The molecule has 12 heteroatoms. The molecule has 0 radical (unpaired) electrons. The lowest BCUT2D eigenvalue weighted by Gasteiger charge is -2.42. The van der Waals surface area contributed by atoms with Crippen molar-refractivity contribution < 1.29 is 32.2 Å². The molecule has 1 amide bonds. The van der Waals surface area contributed by atoms with Gasteiger partial charge in [0.1, 0.15) is 23.2 Å². The number of hydrogen-bond donors (Lipinski definition) is 0. The molecular formula is C25H30ClF3N4O4. The van der Waals surface area contributed by atoms with Gasteiger partial charge in [-0.25, -0.2) is 18.0 Å². The van der Waals surface area contributed by atoms with Crippen LogP contribution in [0.4, 0.5) is 23.8 Å². The van der Waals surface area contributed by atoms with Gasteiger partial charge in [0.25, 0.3) is 5.92 Å². The van der Waals surface area contributed by atoms with Crippen molar-refractivity contribution in [2.75, 3.05) is 25.9 Å². The SMILES string of the molecule is COCOc1cc(Cl)c(F)cc1-c1ccc(N(C)[C@@H]2C[C@H]3CC(F)(F)[C@@H](C2)N3C(=O)OC(C)(C)C)nn1. The van der Waals surface area contributed by atoms with Crippen molar-refractivity contribution in [3.8, 4) is 17.0 Å². The molecule has 2 aromatic rings. The second-order valence-corrected chi connectivity index (χ2v) is 10.8. The largest absolute Gasteiger partial charge is 0.467 e. The van der Waals surface area contributed by atoms with Crippen LogP contribution in [-0.4, -0.2) is 71.8 Å². The number of aromatic nitrogens is 2. The summed E-state index contributed by atoms with van der Waals surface area (Å²) < 4.78 is 59.7. The number of methoxy groups -OCH3 is 1. The van der Waals surface area contributed by atoms with Crippen molar-refractivity contribution in [2.45, 2.75) is 69.7 Å². The summed E-state index contributed by atoms with van der Waals surface area (Å²) in [7, 11) is 3.21. The number of nitrogens with zero attached hydrogens (tertiary/aromatic N) is 4. The number of benzene rings is 1. The van der Waals surface area contributed by atoms with Crippen LogP contribution in [0.25, 0.3) is 11.3 Å². The van der Waals surface area contributed by atoms with Gasteiger partial charge in [0.05, 0.1) is 10.7 Å². The normalized spacial score (nSPS) is 22.6. The predicted octanol–water partition coefficient (Wildman–Crippen LogP) is 5.53. The van der Waals surface area contributed by atoms with Crippen LogP contribution in [0.1, 0.15) is 40.0 Å². The number of carbonyl (C=O) groups excluding carboxylic acids is 1. The van der Waals surface area contributed by atoms with Crippen molar-refractivity contribution >= 4 is 23.5 Å². The molecule has 2 saturated heterocycles. The summed E-state index contributed by atoms with van der Waals surface area (Å²) in [5.74, 6) is -2.92. The summed E-state index contributed by atoms with van der Waals surface area (Å²) in [5.41, 5.74) is -0.104. The van der Waals surface area contributed by atoms with Crippen LogP contribution in [-0.2, 0) is 9.47 Å². The molecule has 8 nitrogen and oxygen atoms in total. The molecule has 2 fully saturated rings. The average molecular weight is 543 g/mol. The number of anilines is 1. The van der Waals surface area contributed by atoms with Gasteiger partial charge in [-0.15, -0.1) is 10.2 Å². The van der Waals surface area contributed by atoms with E-state index >= 15 is 0 Å². The highest BCUT2D eigenvalue weighted by Crippen LogP contribution is 2.47. The lowest BCUT2D eigenvalue weighted by atomic mass is 9.96. The Balaban J connectivity index is 1.53. The summed E-state index contributed by atoms with van der Waals surface area (Å²) in [5, 5.41) is 8.36. The molecule has 2 aliphatic rings. The van der Waals surface area contributed by atoms with E-state index in [0.29, 0.717) is 23.5 Å². The summed E-state index contributed by atoms with van der Waals surface area (Å²) in [6.07, 6.45) is -0.729. The maximum atomic E-state index is 14.9. The number of halogens is 4. The van der Waals surface area contributed by atoms with E-state index in [4.69, 9.17) is 25.8 Å². The van der Waals surface area contributed by atoms with Crippen LogP contribution in [0.3, 0.4) is 0 Å². The van der Waals surface area contributed by atoms with Gasteiger partial charge in [0.15, 0.2) is 12.6 Å². The predicted molar refractivity (Wildman–Crippen MR) is 132 cm³/mol. The molecule has 3 atom stereocenters. The number of rotatable bonds is 6. The first-order valence-electron chi connectivity index (χ1n) is 11.9. The monoisotopic (exact) mass is 542 g/mol. The van der Waals surface area contributed by atoms with Crippen LogP contribution in [0.2, 0.25) is 5.02 Å². The fourth-order valence-electron chi connectivity index (χ4n) is 4.88. The molecule has 0 N–H and O–H groups in total. The molecule has 1 aromatic carbocycles. The van der Waals surface area contributed by atoms with Crippen molar-refractivity contribution in [1.29, 1.82) is 0 Å². The molecule has 2 aliphatic heterocycles. The highest BCUT2D eigenvalue weighted by molar-refractivity contribution is 6.31. The van der Waals surface area contributed by atoms with E-state index in [9.17, 15) is 18.0 Å². The number of amides is 1. The number of hydrogen-bond acceptors (Lipinski definition) is 7. The Morgan fingerprint density at radius 3 is 2.57 bits per heavy atom. The molecule has 1 aromatic heterocycles. The lowest BCUT2D eigenvalue weighted by molar-refractivity contribution is -0.0492. The molecule has 0 unspecified atom stereocenters. The molecule has 202 valence electrons. The number of carbonyl (C=O) groups is 1. The fraction of sp³-hybridized carbons (Fsp3) is 0.560. The van der Waals surface area contributed by atoms with Crippen LogP contribution in [0, 0.1) is 5.82 Å². The van der Waals surface area contributed by atoms with Crippen molar-refractivity contribution in [3.63, 3.8) is 0 Å². The molecular weight excluding hydrogens is 513 g/mol. The zero-order valence-electron chi connectivity index (χ0n) is 21.3. The minimum atomic E-state index is -3.01. The Morgan fingerprint density at radius 2 is 1.97 bits per heavy atom. The van der Waals surface area contributed by atoms with Gasteiger partial charge in [-0.3, -0.25) is 4.90 Å². The van der Waals surface area contributed by atoms with Gasteiger partial charge in [0, 0.05) is 44.3 Å². The Labute approximate surface area is 218 Å². The third-order valence-corrected chi connectivity index (χ3v) is 6.85. The van der Waals surface area contributed by atoms with E-state index in [1.807, 2.05) is 0 Å². The van der Waals surface area contributed by atoms with Crippen LogP contribution < -0.4 is 9.64 Å². The molecule has 0 aliphatic carbocycles.